The van der Waals surface area contributed by atoms with Crippen molar-refractivity contribution in [1.82, 2.24) is 5.32 Å². The van der Waals surface area contributed by atoms with Crippen LogP contribution < -0.4 is 5.32 Å². The lowest BCUT2D eigenvalue weighted by atomic mass is 10.2. The molecule has 0 amide bonds. The van der Waals surface area contributed by atoms with Crippen LogP contribution in [0.5, 0.6) is 5.75 Å². The molecule has 0 aliphatic rings. The van der Waals surface area contributed by atoms with E-state index in [0.29, 0.717) is 18.7 Å². The molecule has 0 aliphatic heterocycles. The first-order valence-electron chi connectivity index (χ1n) is 5.08. The van der Waals surface area contributed by atoms with Crippen molar-refractivity contribution < 1.29 is 9.50 Å². The van der Waals surface area contributed by atoms with E-state index in [0.717, 1.165) is 3.79 Å². The van der Waals surface area contributed by atoms with Crippen molar-refractivity contribution in [1.29, 1.82) is 0 Å². The van der Waals surface area contributed by atoms with Crippen LogP contribution in [-0.4, -0.2) is 5.11 Å². The monoisotopic (exact) mass is 315 g/mol. The number of phenols is 1. The summed E-state index contributed by atoms with van der Waals surface area (Å²) in [5.41, 5.74) is 0.570. The van der Waals surface area contributed by atoms with Gasteiger partial charge in [0, 0.05) is 23.5 Å². The first-order chi connectivity index (χ1) is 8.16. The second-order valence-electron chi connectivity index (χ2n) is 3.56. The fraction of sp³-hybridized carbons (Fsp3) is 0.167. The van der Waals surface area contributed by atoms with Gasteiger partial charge < -0.3 is 10.4 Å². The first kappa shape index (κ1) is 12.5. The second-order valence-corrected chi connectivity index (χ2v) is 6.10. The second kappa shape index (κ2) is 5.62. The van der Waals surface area contributed by atoms with Gasteiger partial charge in [0.2, 0.25) is 0 Å². The van der Waals surface area contributed by atoms with Crippen molar-refractivity contribution in [3.05, 3.63) is 50.4 Å². The Morgan fingerprint density at radius 1 is 1.24 bits per heavy atom. The number of para-hydroxylation sites is 1. The average Bonchev–Trinajstić information content (AvgIpc) is 2.70. The van der Waals surface area contributed by atoms with Gasteiger partial charge >= 0.3 is 0 Å². The highest BCUT2D eigenvalue weighted by Gasteiger charge is 2.05. The molecule has 0 fully saturated rings. The number of rotatable bonds is 4. The van der Waals surface area contributed by atoms with E-state index in [2.05, 4.69) is 21.2 Å². The molecular weight excluding hydrogens is 305 g/mol. The van der Waals surface area contributed by atoms with E-state index in [1.807, 2.05) is 12.1 Å². The molecule has 0 atom stereocenters. The third-order valence-electron chi connectivity index (χ3n) is 2.31. The van der Waals surface area contributed by atoms with Gasteiger partial charge in [-0.25, -0.2) is 4.39 Å². The fourth-order valence-electron chi connectivity index (χ4n) is 1.47. The summed E-state index contributed by atoms with van der Waals surface area (Å²) in [5.74, 6) is -0.851. The first-order valence-corrected chi connectivity index (χ1v) is 6.69. The predicted octanol–water partition coefficient (Wildman–Crippen LogP) is 3.65. The number of benzene rings is 1. The van der Waals surface area contributed by atoms with Crippen molar-refractivity contribution in [2.24, 2.45) is 0 Å². The number of nitrogens with one attached hydrogen (secondary N) is 1. The molecule has 0 bridgehead atoms. The van der Waals surface area contributed by atoms with E-state index >= 15 is 0 Å². The normalized spacial score (nSPS) is 10.7. The maximum Gasteiger partial charge on any atom is 0.165 e. The van der Waals surface area contributed by atoms with Gasteiger partial charge in [0.05, 0.1) is 3.79 Å². The lowest BCUT2D eigenvalue weighted by Crippen LogP contribution is -2.12. The Morgan fingerprint density at radius 3 is 2.76 bits per heavy atom. The van der Waals surface area contributed by atoms with Crippen molar-refractivity contribution in [2.45, 2.75) is 13.1 Å². The summed E-state index contributed by atoms with van der Waals surface area (Å²) >= 11 is 5.04. The molecule has 2 rings (SSSR count). The van der Waals surface area contributed by atoms with Crippen LogP contribution in [0, 0.1) is 5.82 Å². The van der Waals surface area contributed by atoms with Crippen molar-refractivity contribution in [3.63, 3.8) is 0 Å². The standard InChI is InChI=1S/C12H11BrFNOS/c13-11-5-4-9(17-11)7-15-6-8-2-1-3-10(14)12(8)16/h1-5,15-16H,6-7H2. The van der Waals surface area contributed by atoms with Crippen LogP contribution in [0.1, 0.15) is 10.4 Å². The predicted molar refractivity (Wildman–Crippen MR) is 70.6 cm³/mol. The number of hydrogen-bond donors (Lipinski definition) is 2. The highest BCUT2D eigenvalue weighted by Crippen LogP contribution is 2.23. The largest absolute Gasteiger partial charge is 0.505 e. The molecule has 90 valence electrons. The van der Waals surface area contributed by atoms with Gasteiger partial charge in [-0.1, -0.05) is 12.1 Å². The van der Waals surface area contributed by atoms with E-state index in [1.54, 1.807) is 23.5 Å². The minimum absolute atomic E-state index is 0.271. The van der Waals surface area contributed by atoms with Gasteiger partial charge in [0.15, 0.2) is 11.6 Å². The minimum Gasteiger partial charge on any atom is -0.505 e. The Balaban J connectivity index is 1.92. The summed E-state index contributed by atoms with van der Waals surface area (Å²) in [5, 5.41) is 12.6. The zero-order chi connectivity index (χ0) is 12.3. The van der Waals surface area contributed by atoms with Crippen LogP contribution in [-0.2, 0) is 13.1 Å². The van der Waals surface area contributed by atoms with E-state index in [-0.39, 0.29) is 5.75 Å². The third-order valence-corrected chi connectivity index (χ3v) is 3.94. The molecule has 2 N–H and O–H groups in total. The fourth-order valence-corrected chi connectivity index (χ4v) is 2.92. The molecule has 1 aromatic carbocycles. The molecule has 1 aromatic heterocycles. The summed E-state index contributed by atoms with van der Waals surface area (Å²) in [7, 11) is 0. The number of hydrogen-bond acceptors (Lipinski definition) is 3. The van der Waals surface area contributed by atoms with Crippen molar-refractivity contribution in [2.75, 3.05) is 0 Å². The van der Waals surface area contributed by atoms with Crippen molar-refractivity contribution in [3.8, 4) is 5.75 Å². The highest BCUT2D eigenvalue weighted by molar-refractivity contribution is 9.11. The highest BCUT2D eigenvalue weighted by atomic mass is 79.9. The van der Waals surface area contributed by atoms with Gasteiger partial charge in [-0.3, -0.25) is 0 Å². The van der Waals surface area contributed by atoms with Gasteiger partial charge in [0.25, 0.3) is 0 Å². The Kier molecular flexibility index (Phi) is 4.15. The summed E-state index contributed by atoms with van der Waals surface area (Å²) in [6.07, 6.45) is 0. The molecule has 2 nitrogen and oxygen atoms in total. The summed E-state index contributed by atoms with van der Waals surface area (Å²) in [6, 6.07) is 8.55. The van der Waals surface area contributed by atoms with Crippen LogP contribution in [0.2, 0.25) is 0 Å². The molecule has 0 saturated heterocycles. The van der Waals surface area contributed by atoms with E-state index in [4.69, 9.17) is 0 Å². The third kappa shape index (κ3) is 3.28. The van der Waals surface area contributed by atoms with Gasteiger partial charge in [-0.2, -0.15) is 0 Å². The molecule has 17 heavy (non-hydrogen) atoms. The van der Waals surface area contributed by atoms with Crippen LogP contribution in [0.4, 0.5) is 4.39 Å². The molecule has 0 unspecified atom stereocenters. The summed E-state index contributed by atoms with van der Waals surface area (Å²) in [4.78, 5) is 1.19. The molecule has 1 heterocycles. The molecular formula is C12H11BrFNOS. The van der Waals surface area contributed by atoms with Gasteiger partial charge in [0.1, 0.15) is 0 Å². The number of aromatic hydroxyl groups is 1. The number of thiophene rings is 1. The molecule has 0 saturated carbocycles. The van der Waals surface area contributed by atoms with Crippen molar-refractivity contribution >= 4 is 27.3 Å². The summed E-state index contributed by atoms with van der Waals surface area (Å²) in [6.45, 7) is 1.14. The Labute approximate surface area is 111 Å². The van der Waals surface area contributed by atoms with E-state index in [1.165, 1.54) is 10.9 Å². The van der Waals surface area contributed by atoms with Crippen LogP contribution in [0.3, 0.4) is 0 Å². The lowest BCUT2D eigenvalue weighted by molar-refractivity contribution is 0.423. The quantitative estimate of drug-likeness (QED) is 0.902. The SMILES string of the molecule is Oc1c(F)cccc1CNCc1ccc(Br)s1. The molecule has 0 aliphatic carbocycles. The molecule has 0 spiro atoms. The Bertz CT molecular complexity index is 515. The van der Waals surface area contributed by atoms with Gasteiger partial charge in [-0.15, -0.1) is 11.3 Å². The minimum atomic E-state index is -0.580. The Morgan fingerprint density at radius 2 is 2.06 bits per heavy atom. The maximum absolute atomic E-state index is 13.1. The van der Waals surface area contributed by atoms with Gasteiger partial charge in [-0.05, 0) is 34.1 Å². The van der Waals surface area contributed by atoms with Crippen LogP contribution in [0.25, 0.3) is 0 Å². The lowest BCUT2D eigenvalue weighted by Gasteiger charge is -2.06. The smallest absolute Gasteiger partial charge is 0.165 e. The molecule has 5 heteroatoms. The maximum atomic E-state index is 13.1. The van der Waals surface area contributed by atoms with Crippen LogP contribution >= 0.6 is 27.3 Å². The van der Waals surface area contributed by atoms with Crippen LogP contribution in [0.15, 0.2) is 34.1 Å². The Hall–Kier alpha value is -0.910. The average molecular weight is 316 g/mol. The molecule has 0 radical (unpaired) electrons. The number of phenolic OH excluding ortho intramolecular Hbond substituents is 1. The summed E-state index contributed by atoms with van der Waals surface area (Å²) < 4.78 is 14.1. The van der Waals surface area contributed by atoms with E-state index in [9.17, 15) is 9.50 Å². The zero-order valence-electron chi connectivity index (χ0n) is 8.91. The van der Waals surface area contributed by atoms with E-state index < -0.39 is 5.82 Å². The molecule has 2 aromatic rings. The zero-order valence-corrected chi connectivity index (χ0v) is 11.3. The number of halogens is 2. The topological polar surface area (TPSA) is 32.3 Å².